The van der Waals surface area contributed by atoms with E-state index >= 15 is 0 Å². The lowest BCUT2D eigenvalue weighted by Gasteiger charge is -2.41. The molecule has 2 aromatic rings. The summed E-state index contributed by atoms with van der Waals surface area (Å²) in [4.78, 5) is 32.0. The van der Waals surface area contributed by atoms with Crippen molar-refractivity contribution in [3.8, 4) is 0 Å². The normalized spacial score (nSPS) is 22.7. The van der Waals surface area contributed by atoms with Gasteiger partial charge in [-0.2, -0.15) is 0 Å². The number of hydrogen-bond donors (Lipinski definition) is 1. The molecule has 2 aliphatic rings. The van der Waals surface area contributed by atoms with Gasteiger partial charge in [-0.15, -0.1) is 0 Å². The van der Waals surface area contributed by atoms with Gasteiger partial charge in [0, 0.05) is 41.9 Å². The molecule has 1 aliphatic heterocycles. The van der Waals surface area contributed by atoms with Crippen LogP contribution in [0.15, 0.2) is 17.2 Å². The topological polar surface area (TPSA) is 74.8 Å². The van der Waals surface area contributed by atoms with E-state index in [4.69, 9.17) is 4.98 Å². The summed E-state index contributed by atoms with van der Waals surface area (Å²) in [7, 11) is 0. The third-order valence-corrected chi connectivity index (χ3v) is 5.81. The summed E-state index contributed by atoms with van der Waals surface area (Å²) in [5, 5.41) is 0. The SMILES string of the molecule is Cc1nccnc1N1CCCC2(CCc3c2nc(C(C)(C)C)[nH]c3=O)C1. The molecule has 1 saturated heterocycles. The number of fused-ring (bicyclic) bond motifs is 2. The lowest BCUT2D eigenvalue weighted by Crippen LogP contribution is -2.46. The van der Waals surface area contributed by atoms with Crippen LogP contribution in [0.4, 0.5) is 5.82 Å². The van der Waals surface area contributed by atoms with Gasteiger partial charge in [-0.3, -0.25) is 9.78 Å². The second kappa shape index (κ2) is 5.89. The fraction of sp³-hybridized carbons (Fsp3) is 0.600. The van der Waals surface area contributed by atoms with Crippen molar-refractivity contribution < 1.29 is 0 Å². The van der Waals surface area contributed by atoms with E-state index in [0.717, 1.165) is 67.4 Å². The standard InChI is InChI=1S/C20H27N5O/c1-13-16(22-10-9-21-13)25-11-5-7-20(12-25)8-6-14-15(20)23-18(19(2,3)4)24-17(14)26/h9-10H,5-8,11-12H2,1-4H3,(H,23,24,26). The molecule has 0 amide bonds. The number of aromatic nitrogens is 4. The lowest BCUT2D eigenvalue weighted by molar-refractivity contribution is 0.331. The number of anilines is 1. The van der Waals surface area contributed by atoms with Crippen molar-refractivity contribution >= 4 is 5.82 Å². The fourth-order valence-electron chi connectivity index (χ4n) is 4.43. The summed E-state index contributed by atoms with van der Waals surface area (Å²) >= 11 is 0. The molecule has 1 unspecified atom stereocenters. The zero-order chi connectivity index (χ0) is 18.5. The van der Waals surface area contributed by atoms with Gasteiger partial charge in [0.25, 0.3) is 5.56 Å². The second-order valence-electron chi connectivity index (χ2n) is 8.76. The first-order chi connectivity index (χ1) is 12.3. The molecule has 1 N–H and O–H groups in total. The van der Waals surface area contributed by atoms with Gasteiger partial charge in [0.15, 0.2) is 0 Å². The third kappa shape index (κ3) is 2.72. The van der Waals surface area contributed by atoms with Crippen LogP contribution >= 0.6 is 0 Å². The van der Waals surface area contributed by atoms with Crippen LogP contribution in [-0.4, -0.2) is 33.0 Å². The number of nitrogens with one attached hydrogen (secondary N) is 1. The molecule has 1 spiro atoms. The Morgan fingerprint density at radius 3 is 2.69 bits per heavy atom. The number of aryl methyl sites for hydroxylation is 1. The Morgan fingerprint density at radius 2 is 1.96 bits per heavy atom. The van der Waals surface area contributed by atoms with Crippen molar-refractivity contribution in [1.29, 1.82) is 0 Å². The maximum Gasteiger partial charge on any atom is 0.254 e. The Labute approximate surface area is 154 Å². The predicted molar refractivity (Wildman–Crippen MR) is 102 cm³/mol. The van der Waals surface area contributed by atoms with Crippen molar-refractivity contribution in [2.45, 2.75) is 64.2 Å². The third-order valence-electron chi connectivity index (χ3n) is 5.81. The molecular weight excluding hydrogens is 326 g/mol. The molecule has 6 nitrogen and oxygen atoms in total. The van der Waals surface area contributed by atoms with Crippen LogP contribution in [0.1, 0.15) is 62.8 Å². The van der Waals surface area contributed by atoms with Crippen molar-refractivity contribution in [3.05, 3.63) is 45.5 Å². The van der Waals surface area contributed by atoms with Gasteiger partial charge < -0.3 is 9.88 Å². The minimum atomic E-state index is -0.173. The Morgan fingerprint density at radius 1 is 1.19 bits per heavy atom. The van der Waals surface area contributed by atoms with Crippen molar-refractivity contribution in [2.75, 3.05) is 18.0 Å². The van der Waals surface area contributed by atoms with Crippen LogP contribution in [0.25, 0.3) is 0 Å². The largest absolute Gasteiger partial charge is 0.354 e. The summed E-state index contributed by atoms with van der Waals surface area (Å²) < 4.78 is 0. The van der Waals surface area contributed by atoms with Crippen molar-refractivity contribution in [1.82, 2.24) is 19.9 Å². The Balaban J connectivity index is 1.77. The van der Waals surface area contributed by atoms with Crippen LogP contribution in [-0.2, 0) is 17.3 Å². The van der Waals surface area contributed by atoms with Gasteiger partial charge >= 0.3 is 0 Å². The highest BCUT2D eigenvalue weighted by Gasteiger charge is 2.45. The molecule has 138 valence electrons. The Hall–Kier alpha value is -2.24. The highest BCUT2D eigenvalue weighted by molar-refractivity contribution is 5.46. The van der Waals surface area contributed by atoms with E-state index in [0.29, 0.717) is 0 Å². The number of rotatable bonds is 1. The van der Waals surface area contributed by atoms with E-state index in [1.165, 1.54) is 0 Å². The van der Waals surface area contributed by atoms with E-state index in [1.54, 1.807) is 12.4 Å². The highest BCUT2D eigenvalue weighted by Crippen LogP contribution is 2.44. The molecule has 0 radical (unpaired) electrons. The minimum absolute atomic E-state index is 0.0459. The van der Waals surface area contributed by atoms with Crippen LogP contribution in [0.3, 0.4) is 0 Å². The number of aromatic amines is 1. The van der Waals surface area contributed by atoms with E-state index in [9.17, 15) is 4.79 Å². The molecule has 1 fully saturated rings. The van der Waals surface area contributed by atoms with Gasteiger partial charge in [0.2, 0.25) is 0 Å². The maximum absolute atomic E-state index is 12.7. The Bertz CT molecular complexity index is 898. The summed E-state index contributed by atoms with van der Waals surface area (Å²) in [5.41, 5.74) is 2.69. The quantitative estimate of drug-likeness (QED) is 0.853. The zero-order valence-electron chi connectivity index (χ0n) is 16.1. The molecule has 1 aliphatic carbocycles. The maximum atomic E-state index is 12.7. The summed E-state index contributed by atoms with van der Waals surface area (Å²) in [5.74, 6) is 1.75. The average Bonchev–Trinajstić information content (AvgIpc) is 2.93. The fourth-order valence-corrected chi connectivity index (χ4v) is 4.43. The molecule has 26 heavy (non-hydrogen) atoms. The van der Waals surface area contributed by atoms with E-state index in [2.05, 4.69) is 40.6 Å². The Kier molecular flexibility index (Phi) is 3.90. The van der Waals surface area contributed by atoms with Crippen LogP contribution in [0, 0.1) is 6.92 Å². The van der Waals surface area contributed by atoms with Crippen LogP contribution < -0.4 is 10.5 Å². The van der Waals surface area contributed by atoms with Gasteiger partial charge in [-0.05, 0) is 32.6 Å². The molecule has 3 heterocycles. The van der Waals surface area contributed by atoms with Gasteiger partial charge in [-0.1, -0.05) is 20.8 Å². The van der Waals surface area contributed by atoms with E-state index in [1.807, 2.05) is 6.92 Å². The number of nitrogens with zero attached hydrogens (tertiary/aromatic N) is 4. The monoisotopic (exact) mass is 353 g/mol. The summed E-state index contributed by atoms with van der Waals surface area (Å²) in [6.45, 7) is 10.1. The second-order valence-corrected chi connectivity index (χ2v) is 8.76. The molecule has 0 aromatic carbocycles. The zero-order valence-corrected chi connectivity index (χ0v) is 16.1. The highest BCUT2D eigenvalue weighted by atomic mass is 16.1. The summed E-state index contributed by atoms with van der Waals surface area (Å²) in [6, 6.07) is 0. The molecular formula is C20H27N5O. The number of piperidine rings is 1. The van der Waals surface area contributed by atoms with Crippen molar-refractivity contribution in [3.63, 3.8) is 0 Å². The first-order valence-electron chi connectivity index (χ1n) is 9.47. The predicted octanol–water partition coefficient (Wildman–Crippen LogP) is 2.65. The number of hydrogen-bond acceptors (Lipinski definition) is 5. The van der Waals surface area contributed by atoms with Gasteiger partial charge in [-0.25, -0.2) is 9.97 Å². The van der Waals surface area contributed by atoms with Crippen LogP contribution in [0.5, 0.6) is 0 Å². The van der Waals surface area contributed by atoms with Gasteiger partial charge in [0.05, 0.1) is 11.4 Å². The molecule has 0 bridgehead atoms. The number of H-pyrrole nitrogens is 1. The lowest BCUT2D eigenvalue weighted by atomic mass is 9.77. The van der Waals surface area contributed by atoms with Crippen molar-refractivity contribution in [2.24, 2.45) is 0 Å². The average molecular weight is 353 g/mol. The van der Waals surface area contributed by atoms with Gasteiger partial charge in [0.1, 0.15) is 11.6 Å². The molecule has 0 saturated carbocycles. The minimum Gasteiger partial charge on any atom is -0.354 e. The summed E-state index contributed by atoms with van der Waals surface area (Å²) in [6.07, 6.45) is 7.45. The van der Waals surface area contributed by atoms with E-state index in [-0.39, 0.29) is 16.4 Å². The van der Waals surface area contributed by atoms with E-state index < -0.39 is 0 Å². The van der Waals surface area contributed by atoms with Crippen LogP contribution in [0.2, 0.25) is 0 Å². The first kappa shape index (κ1) is 17.2. The molecule has 4 rings (SSSR count). The smallest absolute Gasteiger partial charge is 0.254 e. The molecule has 1 atom stereocenters. The first-order valence-corrected chi connectivity index (χ1v) is 9.47. The molecule has 2 aromatic heterocycles. The molecule has 6 heteroatoms.